The third-order valence-corrected chi connectivity index (χ3v) is 4.12. The first kappa shape index (κ1) is 16.7. The van der Waals surface area contributed by atoms with Gasteiger partial charge in [-0.15, -0.1) is 0 Å². The predicted molar refractivity (Wildman–Crippen MR) is 88.3 cm³/mol. The van der Waals surface area contributed by atoms with Crippen molar-refractivity contribution in [3.63, 3.8) is 0 Å². The van der Waals surface area contributed by atoms with Crippen molar-refractivity contribution in [2.24, 2.45) is 0 Å². The van der Waals surface area contributed by atoms with Gasteiger partial charge in [-0.3, -0.25) is 19.3 Å². The van der Waals surface area contributed by atoms with Crippen molar-refractivity contribution >= 4 is 35.1 Å². The van der Waals surface area contributed by atoms with Gasteiger partial charge in [-0.05, 0) is 25.1 Å². The first-order valence-electron chi connectivity index (χ1n) is 7.71. The number of benzene rings is 1. The molecule has 1 atom stereocenters. The number of imide groups is 1. The molecule has 2 aliphatic rings. The molecule has 0 radical (unpaired) electrons. The van der Waals surface area contributed by atoms with Gasteiger partial charge in [0.1, 0.15) is 18.8 Å². The van der Waals surface area contributed by atoms with Gasteiger partial charge >= 0.3 is 6.03 Å². The Bertz CT molecular complexity index is 778. The van der Waals surface area contributed by atoms with Crippen LogP contribution in [-0.4, -0.2) is 66.8 Å². The van der Waals surface area contributed by atoms with Crippen LogP contribution in [0.1, 0.15) is 6.92 Å². The highest BCUT2D eigenvalue weighted by Crippen LogP contribution is 2.35. The van der Waals surface area contributed by atoms with E-state index in [1.807, 2.05) is 0 Å². The zero-order valence-electron chi connectivity index (χ0n) is 14.1. The minimum absolute atomic E-state index is 0.0343. The number of carbonyl (C=O) groups excluding carboxylic acids is 4. The van der Waals surface area contributed by atoms with Gasteiger partial charge in [0.05, 0.1) is 5.69 Å². The number of nitrogens with one attached hydrogen (secondary N) is 1. The SMILES string of the molecule is CC1Oc2ccc(NC(=O)CN3C(=O)CN(C)C3=O)cc2N(C)C1=O. The van der Waals surface area contributed by atoms with E-state index in [0.29, 0.717) is 17.1 Å². The maximum absolute atomic E-state index is 12.1. The first-order valence-corrected chi connectivity index (χ1v) is 7.71. The van der Waals surface area contributed by atoms with Crippen LogP contribution in [-0.2, 0) is 14.4 Å². The Morgan fingerprint density at radius 1 is 1.28 bits per heavy atom. The van der Waals surface area contributed by atoms with Gasteiger partial charge in [-0.25, -0.2) is 4.79 Å². The maximum atomic E-state index is 12.1. The largest absolute Gasteiger partial charge is 0.479 e. The highest BCUT2D eigenvalue weighted by atomic mass is 16.5. The van der Waals surface area contributed by atoms with Crippen LogP contribution in [0.4, 0.5) is 16.2 Å². The second-order valence-electron chi connectivity index (χ2n) is 6.01. The fourth-order valence-corrected chi connectivity index (χ4v) is 2.76. The summed E-state index contributed by atoms with van der Waals surface area (Å²) in [6.07, 6.45) is -0.567. The number of likely N-dealkylation sites (N-methyl/N-ethyl adjacent to an activating group) is 2. The van der Waals surface area contributed by atoms with E-state index < -0.39 is 23.9 Å². The Morgan fingerprint density at radius 2 is 2.00 bits per heavy atom. The molecule has 0 saturated carbocycles. The minimum atomic E-state index is -0.567. The van der Waals surface area contributed by atoms with Gasteiger partial charge in [0.15, 0.2) is 6.10 Å². The van der Waals surface area contributed by atoms with Crippen molar-refractivity contribution in [3.8, 4) is 5.75 Å². The molecule has 1 aromatic carbocycles. The number of ether oxygens (including phenoxy) is 1. The van der Waals surface area contributed by atoms with Crippen molar-refractivity contribution in [2.45, 2.75) is 13.0 Å². The van der Waals surface area contributed by atoms with Crippen LogP contribution < -0.4 is 15.0 Å². The zero-order valence-corrected chi connectivity index (χ0v) is 14.1. The summed E-state index contributed by atoms with van der Waals surface area (Å²) in [6, 6.07) is 4.40. The second-order valence-corrected chi connectivity index (χ2v) is 6.01. The van der Waals surface area contributed by atoms with Crippen molar-refractivity contribution < 1.29 is 23.9 Å². The molecule has 0 aliphatic carbocycles. The molecule has 25 heavy (non-hydrogen) atoms. The Hall–Kier alpha value is -3.10. The molecule has 0 aromatic heterocycles. The van der Waals surface area contributed by atoms with E-state index in [1.165, 1.54) is 16.8 Å². The lowest BCUT2D eigenvalue weighted by atomic mass is 10.2. The predicted octanol–water partition coefficient (Wildman–Crippen LogP) is 0.263. The number of carbonyl (C=O) groups is 4. The number of hydrogen-bond acceptors (Lipinski definition) is 5. The minimum Gasteiger partial charge on any atom is -0.479 e. The maximum Gasteiger partial charge on any atom is 0.327 e. The molecule has 1 N–H and O–H groups in total. The fraction of sp³-hybridized carbons (Fsp3) is 0.375. The summed E-state index contributed by atoms with van der Waals surface area (Å²) in [5.41, 5.74) is 0.975. The fourth-order valence-electron chi connectivity index (χ4n) is 2.76. The van der Waals surface area contributed by atoms with Gasteiger partial charge in [0.2, 0.25) is 5.91 Å². The highest BCUT2D eigenvalue weighted by molar-refractivity contribution is 6.06. The van der Waals surface area contributed by atoms with Crippen LogP contribution in [0, 0.1) is 0 Å². The van der Waals surface area contributed by atoms with Gasteiger partial charge in [-0.2, -0.15) is 0 Å². The molecule has 3 rings (SSSR count). The molecule has 0 spiro atoms. The molecular formula is C16H18N4O5. The number of hydrogen-bond donors (Lipinski definition) is 1. The van der Waals surface area contributed by atoms with Crippen LogP contribution in [0.25, 0.3) is 0 Å². The van der Waals surface area contributed by atoms with Gasteiger partial charge in [0.25, 0.3) is 11.8 Å². The summed E-state index contributed by atoms with van der Waals surface area (Å²) in [5, 5.41) is 2.62. The molecule has 2 aliphatic heterocycles. The Morgan fingerprint density at radius 3 is 2.64 bits per heavy atom. The summed E-state index contributed by atoms with van der Waals surface area (Å²) in [7, 11) is 3.12. The quantitative estimate of drug-likeness (QED) is 0.792. The Balaban J connectivity index is 1.72. The van der Waals surface area contributed by atoms with Crippen LogP contribution in [0.3, 0.4) is 0 Å². The standard InChI is InChI=1S/C16H18N4O5/c1-9-15(23)19(3)11-6-10(4-5-12(11)25-9)17-13(21)7-20-14(22)8-18(2)16(20)24/h4-6,9H,7-8H2,1-3H3,(H,17,21). The van der Waals surface area contributed by atoms with E-state index in [9.17, 15) is 19.2 Å². The number of fused-ring (bicyclic) bond motifs is 1. The van der Waals surface area contributed by atoms with E-state index >= 15 is 0 Å². The molecule has 1 fully saturated rings. The van der Waals surface area contributed by atoms with E-state index in [-0.39, 0.29) is 19.0 Å². The third-order valence-electron chi connectivity index (χ3n) is 4.12. The molecular weight excluding hydrogens is 328 g/mol. The van der Waals surface area contributed by atoms with Gasteiger partial charge in [0, 0.05) is 19.8 Å². The van der Waals surface area contributed by atoms with Crippen LogP contribution in [0.2, 0.25) is 0 Å². The highest BCUT2D eigenvalue weighted by Gasteiger charge is 2.35. The van der Waals surface area contributed by atoms with E-state index in [4.69, 9.17) is 4.74 Å². The monoisotopic (exact) mass is 346 g/mol. The lowest BCUT2D eigenvalue weighted by molar-refractivity contribution is -0.129. The number of rotatable bonds is 3. The lowest BCUT2D eigenvalue weighted by Crippen LogP contribution is -2.42. The van der Waals surface area contributed by atoms with Crippen molar-refractivity contribution in [1.29, 1.82) is 0 Å². The van der Waals surface area contributed by atoms with Crippen LogP contribution in [0.5, 0.6) is 5.75 Å². The van der Waals surface area contributed by atoms with Crippen LogP contribution >= 0.6 is 0 Å². The topological polar surface area (TPSA) is 99.3 Å². The summed E-state index contributed by atoms with van der Waals surface area (Å²) in [6.45, 7) is 1.27. The Kier molecular flexibility index (Phi) is 4.07. The average molecular weight is 346 g/mol. The molecule has 1 aromatic rings. The molecule has 132 valence electrons. The molecule has 0 bridgehead atoms. The van der Waals surface area contributed by atoms with Crippen molar-refractivity contribution in [3.05, 3.63) is 18.2 Å². The van der Waals surface area contributed by atoms with Gasteiger partial charge in [-0.1, -0.05) is 0 Å². The molecule has 1 saturated heterocycles. The average Bonchev–Trinajstić information content (AvgIpc) is 2.80. The summed E-state index contributed by atoms with van der Waals surface area (Å²) < 4.78 is 5.52. The molecule has 2 heterocycles. The Labute approximate surface area is 144 Å². The summed E-state index contributed by atoms with van der Waals surface area (Å²) in [5.74, 6) is -0.566. The van der Waals surface area contributed by atoms with E-state index in [1.54, 1.807) is 32.2 Å². The summed E-state index contributed by atoms with van der Waals surface area (Å²) >= 11 is 0. The van der Waals surface area contributed by atoms with E-state index in [2.05, 4.69) is 5.32 Å². The number of amides is 5. The normalized spacial score (nSPS) is 19.9. The van der Waals surface area contributed by atoms with Crippen molar-refractivity contribution in [2.75, 3.05) is 37.4 Å². The summed E-state index contributed by atoms with van der Waals surface area (Å²) in [4.78, 5) is 51.2. The van der Waals surface area contributed by atoms with Crippen molar-refractivity contribution in [1.82, 2.24) is 9.80 Å². The number of urea groups is 1. The van der Waals surface area contributed by atoms with Gasteiger partial charge < -0.3 is 19.9 Å². The lowest BCUT2D eigenvalue weighted by Gasteiger charge is -2.30. The molecule has 9 nitrogen and oxygen atoms in total. The smallest absolute Gasteiger partial charge is 0.327 e. The zero-order chi connectivity index (χ0) is 18.3. The molecule has 9 heteroatoms. The molecule has 5 amide bonds. The number of anilines is 2. The number of nitrogens with zero attached hydrogens (tertiary/aromatic N) is 3. The second kappa shape index (κ2) is 6.08. The van der Waals surface area contributed by atoms with Crippen LogP contribution in [0.15, 0.2) is 18.2 Å². The van der Waals surface area contributed by atoms with E-state index in [0.717, 1.165) is 4.90 Å². The molecule has 1 unspecified atom stereocenters. The third kappa shape index (κ3) is 3.00. The first-order chi connectivity index (χ1) is 11.8.